The molecule has 1 aliphatic carbocycles. The van der Waals surface area contributed by atoms with E-state index in [1.54, 1.807) is 0 Å². The van der Waals surface area contributed by atoms with E-state index in [1.807, 2.05) is 0 Å². The number of hydrogen-bond donors (Lipinski definition) is 11. The smallest absolute Gasteiger partial charge is 0.187 e. The molecule has 17 nitrogen and oxygen atoms in total. The monoisotopic (exact) mass is 702 g/mol. The maximum absolute atomic E-state index is 11.0. The molecule has 0 radical (unpaired) electrons. The first kappa shape index (κ1) is 41.7. The summed E-state index contributed by atoms with van der Waals surface area (Å²) in [5.74, 6) is -0.797. The molecule has 0 aromatic carbocycles. The first-order valence-corrected chi connectivity index (χ1v) is 17.1. The number of aliphatic hydroxyl groups excluding tert-OH is 11. The Hall–Kier alpha value is -0.680. The van der Waals surface area contributed by atoms with Crippen molar-refractivity contribution in [1.29, 1.82) is 0 Å². The normalized spacial score (nSPS) is 41.4. The minimum Gasteiger partial charge on any atom is -0.396 e. The predicted molar refractivity (Wildman–Crippen MR) is 163 cm³/mol. The molecule has 3 rings (SSSR count). The van der Waals surface area contributed by atoms with Crippen molar-refractivity contribution in [2.45, 2.75) is 150 Å². The van der Waals surface area contributed by atoms with Crippen molar-refractivity contribution >= 4 is 0 Å². The van der Waals surface area contributed by atoms with Crippen LogP contribution in [-0.4, -0.2) is 188 Å². The zero-order chi connectivity index (χ0) is 35.4. The first-order chi connectivity index (χ1) is 22.9. The van der Waals surface area contributed by atoms with Crippen LogP contribution in [-0.2, 0) is 28.4 Å². The number of unbranched alkanes of at least 4 members (excludes halogenated alkanes) is 5. The van der Waals surface area contributed by atoms with Gasteiger partial charge in [-0.3, -0.25) is 0 Å². The lowest BCUT2D eigenvalue weighted by atomic mass is 9.81. The van der Waals surface area contributed by atoms with Gasteiger partial charge in [0.05, 0.1) is 51.3 Å². The van der Waals surface area contributed by atoms with E-state index in [4.69, 9.17) is 28.4 Å². The van der Waals surface area contributed by atoms with Gasteiger partial charge in [0.1, 0.15) is 61.0 Å². The van der Waals surface area contributed by atoms with Crippen LogP contribution in [0.15, 0.2) is 0 Å². The second-order valence-corrected chi connectivity index (χ2v) is 13.0. The Labute approximate surface area is 280 Å². The number of hydrogen-bond acceptors (Lipinski definition) is 17. The third-order valence-electron chi connectivity index (χ3n) is 9.29. The molecule has 16 atom stereocenters. The van der Waals surface area contributed by atoms with Gasteiger partial charge in [0.15, 0.2) is 12.6 Å². The summed E-state index contributed by atoms with van der Waals surface area (Å²) in [6.07, 6.45) is -15.3. The Morgan fingerprint density at radius 2 is 1.38 bits per heavy atom. The van der Waals surface area contributed by atoms with E-state index in [-0.39, 0.29) is 26.2 Å². The third-order valence-corrected chi connectivity index (χ3v) is 9.29. The lowest BCUT2D eigenvalue weighted by molar-refractivity contribution is -0.362. The van der Waals surface area contributed by atoms with Gasteiger partial charge < -0.3 is 84.6 Å². The van der Waals surface area contributed by atoms with Crippen molar-refractivity contribution < 1.29 is 84.6 Å². The summed E-state index contributed by atoms with van der Waals surface area (Å²) >= 11 is 0. The van der Waals surface area contributed by atoms with Gasteiger partial charge in [-0.25, -0.2) is 0 Å². The fourth-order valence-corrected chi connectivity index (χ4v) is 6.31. The highest BCUT2D eigenvalue weighted by atomic mass is 16.7. The van der Waals surface area contributed by atoms with Crippen molar-refractivity contribution in [1.82, 2.24) is 0 Å². The van der Waals surface area contributed by atoms with Crippen LogP contribution >= 0.6 is 0 Å². The van der Waals surface area contributed by atoms with Crippen LogP contribution < -0.4 is 0 Å². The highest BCUT2D eigenvalue weighted by Crippen LogP contribution is 2.32. The maximum Gasteiger partial charge on any atom is 0.187 e. The minimum absolute atomic E-state index is 0.0371. The summed E-state index contributed by atoms with van der Waals surface area (Å²) < 4.78 is 34.2. The third kappa shape index (κ3) is 11.4. The first-order valence-electron chi connectivity index (χ1n) is 17.1. The molecule has 0 aromatic rings. The molecule has 2 aliphatic heterocycles. The second kappa shape index (κ2) is 21.0. The van der Waals surface area contributed by atoms with E-state index >= 15 is 0 Å². The Morgan fingerprint density at radius 1 is 0.688 bits per heavy atom. The summed E-state index contributed by atoms with van der Waals surface area (Å²) in [6.45, 7) is 0.0602. The average Bonchev–Trinajstić information content (AvgIpc) is 3.07. The molecule has 284 valence electrons. The van der Waals surface area contributed by atoms with Crippen LogP contribution in [0.1, 0.15) is 58.3 Å². The standard InChI is InChI=1S/C31H58O17/c1-2-3-4-5-6-7-8-17(34)13-43-14-20-28(26(40)27(41)30(42)46-20)48-31-29(44-10-9-32)25(39)23(37)19(47-31)15-45-18-11-16(12-33)21(35)24(38)22(18)36/h16-42H,2-15H2,1H3/t16?,17?,18-,19?,20-,21-,22?,23+,24-,25-,26?,27?,28+,29?,30+,31-/m0/s1. The molecule has 7 unspecified atom stereocenters. The van der Waals surface area contributed by atoms with Gasteiger partial charge in [0.2, 0.25) is 0 Å². The van der Waals surface area contributed by atoms with Crippen molar-refractivity contribution in [2.75, 3.05) is 39.6 Å². The van der Waals surface area contributed by atoms with Gasteiger partial charge in [-0.1, -0.05) is 45.4 Å². The van der Waals surface area contributed by atoms with Crippen LogP contribution in [0, 0.1) is 5.92 Å². The van der Waals surface area contributed by atoms with Crippen LogP contribution in [0.4, 0.5) is 0 Å². The molecule has 0 aromatic heterocycles. The summed E-state index contributed by atoms with van der Waals surface area (Å²) in [6, 6.07) is 0. The van der Waals surface area contributed by atoms with E-state index in [0.717, 1.165) is 32.1 Å². The van der Waals surface area contributed by atoms with E-state index in [2.05, 4.69) is 6.92 Å². The van der Waals surface area contributed by atoms with Gasteiger partial charge in [-0.05, 0) is 12.8 Å². The highest BCUT2D eigenvalue weighted by Gasteiger charge is 2.52. The highest BCUT2D eigenvalue weighted by molar-refractivity contribution is 4.96. The van der Waals surface area contributed by atoms with Crippen molar-refractivity contribution in [2.24, 2.45) is 5.92 Å². The number of rotatable bonds is 20. The molecule has 0 bridgehead atoms. The summed E-state index contributed by atoms with van der Waals surface area (Å²) in [4.78, 5) is 0. The van der Waals surface area contributed by atoms with E-state index < -0.39 is 118 Å². The predicted octanol–water partition coefficient (Wildman–Crippen LogP) is -3.76. The number of ether oxygens (including phenoxy) is 6. The van der Waals surface area contributed by atoms with Crippen molar-refractivity contribution in [3.8, 4) is 0 Å². The molecule has 3 fully saturated rings. The zero-order valence-electron chi connectivity index (χ0n) is 27.5. The largest absolute Gasteiger partial charge is 0.396 e. The van der Waals surface area contributed by atoms with Gasteiger partial charge in [0, 0.05) is 12.5 Å². The molecule has 0 spiro atoms. The SMILES string of the molecule is CCCCCCCCC(O)COC[C@@H]1O[C@@H](O)C(O)C(O)[C@@H]1O[C@@H]1OC(CO[C@H]2CC(CO)[C@H](O)[C@H](O)C2O)[C@@H](O)[C@H](O)C1OCCO. The molecule has 3 aliphatic rings. The van der Waals surface area contributed by atoms with Crippen molar-refractivity contribution in [3.63, 3.8) is 0 Å². The van der Waals surface area contributed by atoms with Gasteiger partial charge in [0.25, 0.3) is 0 Å². The summed E-state index contributed by atoms with van der Waals surface area (Å²) in [5.41, 5.74) is 0. The molecule has 48 heavy (non-hydrogen) atoms. The Morgan fingerprint density at radius 3 is 2.06 bits per heavy atom. The van der Waals surface area contributed by atoms with E-state index in [1.165, 1.54) is 6.42 Å². The second-order valence-electron chi connectivity index (χ2n) is 13.0. The topological polar surface area (TPSA) is 278 Å². The Balaban J connectivity index is 1.66. The lowest BCUT2D eigenvalue weighted by Gasteiger charge is -2.47. The average molecular weight is 703 g/mol. The van der Waals surface area contributed by atoms with E-state index in [9.17, 15) is 56.2 Å². The van der Waals surface area contributed by atoms with Crippen molar-refractivity contribution in [3.05, 3.63) is 0 Å². The van der Waals surface area contributed by atoms with Crippen LogP contribution in [0.5, 0.6) is 0 Å². The maximum atomic E-state index is 11.0. The zero-order valence-corrected chi connectivity index (χ0v) is 27.5. The molecule has 1 saturated carbocycles. The molecule has 11 N–H and O–H groups in total. The molecular formula is C31H58O17. The summed E-state index contributed by atoms with van der Waals surface area (Å²) in [5, 5.41) is 113. The van der Waals surface area contributed by atoms with Gasteiger partial charge in [-0.15, -0.1) is 0 Å². The quantitative estimate of drug-likeness (QED) is 0.0544. The van der Waals surface area contributed by atoms with Crippen LogP contribution in [0.2, 0.25) is 0 Å². The molecule has 17 heteroatoms. The Kier molecular flexibility index (Phi) is 18.3. The molecular weight excluding hydrogens is 644 g/mol. The van der Waals surface area contributed by atoms with Gasteiger partial charge in [-0.2, -0.15) is 0 Å². The fraction of sp³-hybridized carbons (Fsp3) is 1.00. The van der Waals surface area contributed by atoms with Gasteiger partial charge >= 0.3 is 0 Å². The fourth-order valence-electron chi connectivity index (χ4n) is 6.31. The minimum atomic E-state index is -1.81. The van der Waals surface area contributed by atoms with E-state index in [0.29, 0.717) is 6.42 Å². The molecule has 0 amide bonds. The lowest BCUT2D eigenvalue weighted by Crippen LogP contribution is -2.65. The molecule has 2 saturated heterocycles. The van der Waals surface area contributed by atoms with Crippen LogP contribution in [0.3, 0.4) is 0 Å². The van der Waals surface area contributed by atoms with Crippen LogP contribution in [0.25, 0.3) is 0 Å². The number of aliphatic hydroxyl groups is 11. The molecule has 2 heterocycles. The summed E-state index contributed by atoms with van der Waals surface area (Å²) in [7, 11) is 0. The Bertz CT molecular complexity index is 871.